The van der Waals surface area contributed by atoms with E-state index in [4.69, 9.17) is 11.6 Å². The lowest BCUT2D eigenvalue weighted by Gasteiger charge is -2.33. The molecule has 0 spiro atoms. The lowest BCUT2D eigenvalue weighted by Crippen LogP contribution is -2.50. The standard InChI is InChI=1S/C16H17ClN2O3S2/c17-15-7-6-14(23-15)16(20)18-8-10-19(11-9-18)24(21,22)12-13-4-2-1-3-5-13/h1-7H,8-12H2. The van der Waals surface area contributed by atoms with E-state index in [9.17, 15) is 13.2 Å². The van der Waals surface area contributed by atoms with Crippen LogP contribution >= 0.6 is 22.9 Å². The molecule has 5 nitrogen and oxygen atoms in total. The molecule has 0 radical (unpaired) electrons. The first-order chi connectivity index (χ1) is 11.5. The molecule has 0 N–H and O–H groups in total. The second-order valence-electron chi connectivity index (χ2n) is 5.54. The molecule has 24 heavy (non-hydrogen) atoms. The highest BCUT2D eigenvalue weighted by atomic mass is 35.5. The molecule has 0 aliphatic carbocycles. The topological polar surface area (TPSA) is 57.7 Å². The van der Waals surface area contributed by atoms with Crippen molar-refractivity contribution in [3.8, 4) is 0 Å². The van der Waals surface area contributed by atoms with Crippen LogP contribution in [-0.2, 0) is 15.8 Å². The van der Waals surface area contributed by atoms with Crippen LogP contribution in [0.5, 0.6) is 0 Å². The molecule has 1 fully saturated rings. The third-order valence-corrected chi connectivity index (χ3v) is 6.96. The summed E-state index contributed by atoms with van der Waals surface area (Å²) in [7, 11) is -3.37. The Bertz CT molecular complexity index is 813. The third-order valence-electron chi connectivity index (χ3n) is 3.90. The van der Waals surface area contributed by atoms with Gasteiger partial charge in [0, 0.05) is 26.2 Å². The van der Waals surface area contributed by atoms with Gasteiger partial charge in [-0.15, -0.1) is 11.3 Å². The first-order valence-electron chi connectivity index (χ1n) is 7.52. The number of carbonyl (C=O) groups is 1. The van der Waals surface area contributed by atoms with Crippen molar-refractivity contribution in [2.75, 3.05) is 26.2 Å². The number of sulfonamides is 1. The molecule has 1 aliphatic rings. The molecule has 0 unspecified atom stereocenters. The van der Waals surface area contributed by atoms with E-state index in [0.29, 0.717) is 35.4 Å². The summed E-state index contributed by atoms with van der Waals surface area (Å²) in [6, 6.07) is 12.5. The summed E-state index contributed by atoms with van der Waals surface area (Å²) in [6.45, 7) is 1.42. The van der Waals surface area contributed by atoms with Crippen molar-refractivity contribution in [3.05, 3.63) is 57.2 Å². The first-order valence-corrected chi connectivity index (χ1v) is 10.3. The van der Waals surface area contributed by atoms with Crippen molar-refractivity contribution in [1.82, 2.24) is 9.21 Å². The fourth-order valence-corrected chi connectivity index (χ4v) is 5.16. The zero-order valence-corrected chi connectivity index (χ0v) is 15.3. The lowest BCUT2D eigenvalue weighted by molar-refractivity contribution is 0.0702. The van der Waals surface area contributed by atoms with Crippen LogP contribution in [0.3, 0.4) is 0 Å². The summed E-state index contributed by atoms with van der Waals surface area (Å²) in [6.07, 6.45) is 0. The minimum Gasteiger partial charge on any atom is -0.335 e. The van der Waals surface area contributed by atoms with Crippen molar-refractivity contribution in [2.45, 2.75) is 5.75 Å². The van der Waals surface area contributed by atoms with Gasteiger partial charge in [0.05, 0.1) is 15.0 Å². The van der Waals surface area contributed by atoms with Crippen LogP contribution in [0.15, 0.2) is 42.5 Å². The van der Waals surface area contributed by atoms with E-state index in [1.165, 1.54) is 15.6 Å². The van der Waals surface area contributed by atoms with E-state index in [2.05, 4.69) is 0 Å². The Morgan fingerprint density at radius 3 is 2.29 bits per heavy atom. The number of piperazine rings is 1. The van der Waals surface area contributed by atoms with Crippen LogP contribution in [0.2, 0.25) is 4.34 Å². The maximum absolute atomic E-state index is 12.5. The van der Waals surface area contributed by atoms with E-state index in [-0.39, 0.29) is 11.7 Å². The number of amides is 1. The van der Waals surface area contributed by atoms with E-state index in [1.807, 2.05) is 18.2 Å². The van der Waals surface area contributed by atoms with E-state index < -0.39 is 10.0 Å². The van der Waals surface area contributed by atoms with Gasteiger partial charge in [0.25, 0.3) is 5.91 Å². The molecule has 0 atom stereocenters. The summed E-state index contributed by atoms with van der Waals surface area (Å²) >= 11 is 7.10. The van der Waals surface area contributed by atoms with Gasteiger partial charge in [-0.2, -0.15) is 4.31 Å². The number of benzene rings is 1. The molecule has 1 saturated heterocycles. The number of hydrogen-bond donors (Lipinski definition) is 0. The van der Waals surface area contributed by atoms with Crippen LogP contribution in [-0.4, -0.2) is 49.7 Å². The summed E-state index contributed by atoms with van der Waals surface area (Å²) < 4.78 is 27.1. The molecule has 1 aromatic heterocycles. The number of thiophene rings is 1. The Balaban J connectivity index is 1.61. The summed E-state index contributed by atoms with van der Waals surface area (Å²) in [5.41, 5.74) is 0.768. The molecule has 2 aromatic rings. The van der Waals surface area contributed by atoms with Crippen LogP contribution in [0.4, 0.5) is 0 Å². The predicted molar refractivity (Wildman–Crippen MR) is 95.9 cm³/mol. The third kappa shape index (κ3) is 3.97. The maximum atomic E-state index is 12.5. The van der Waals surface area contributed by atoms with E-state index >= 15 is 0 Å². The minimum absolute atomic E-state index is 0.0116. The fraction of sp³-hybridized carbons (Fsp3) is 0.312. The van der Waals surface area contributed by atoms with Gasteiger partial charge in [-0.05, 0) is 17.7 Å². The molecule has 0 bridgehead atoms. The van der Waals surface area contributed by atoms with Gasteiger partial charge in [0.2, 0.25) is 10.0 Å². The summed E-state index contributed by atoms with van der Waals surface area (Å²) in [5, 5.41) is 0. The average molecular weight is 385 g/mol. The highest BCUT2D eigenvalue weighted by Gasteiger charge is 2.29. The van der Waals surface area contributed by atoms with Crippen LogP contribution in [0.1, 0.15) is 15.2 Å². The van der Waals surface area contributed by atoms with Crippen molar-refractivity contribution in [3.63, 3.8) is 0 Å². The van der Waals surface area contributed by atoms with Crippen molar-refractivity contribution in [1.29, 1.82) is 0 Å². The van der Waals surface area contributed by atoms with Gasteiger partial charge in [-0.3, -0.25) is 4.79 Å². The zero-order chi connectivity index (χ0) is 17.2. The first kappa shape index (κ1) is 17.4. The predicted octanol–water partition coefficient (Wildman–Crippen LogP) is 2.69. The maximum Gasteiger partial charge on any atom is 0.264 e. The second kappa shape index (κ2) is 7.23. The highest BCUT2D eigenvalue weighted by molar-refractivity contribution is 7.88. The zero-order valence-electron chi connectivity index (χ0n) is 12.9. The molecule has 1 aliphatic heterocycles. The number of nitrogens with zero attached hydrogens (tertiary/aromatic N) is 2. The minimum atomic E-state index is -3.37. The van der Waals surface area contributed by atoms with Gasteiger partial charge in [0.15, 0.2) is 0 Å². The van der Waals surface area contributed by atoms with Gasteiger partial charge >= 0.3 is 0 Å². The van der Waals surface area contributed by atoms with E-state index in [0.717, 1.165) is 5.56 Å². The average Bonchev–Trinajstić information content (AvgIpc) is 3.01. The lowest BCUT2D eigenvalue weighted by atomic mass is 10.2. The van der Waals surface area contributed by atoms with Gasteiger partial charge < -0.3 is 4.90 Å². The fourth-order valence-electron chi connectivity index (χ4n) is 2.63. The van der Waals surface area contributed by atoms with Crippen LogP contribution in [0, 0.1) is 0 Å². The monoisotopic (exact) mass is 384 g/mol. The Morgan fingerprint density at radius 1 is 1.04 bits per heavy atom. The normalized spacial score (nSPS) is 16.3. The Morgan fingerprint density at radius 2 is 1.71 bits per heavy atom. The van der Waals surface area contributed by atoms with Crippen LogP contribution in [0.25, 0.3) is 0 Å². The second-order valence-corrected chi connectivity index (χ2v) is 9.22. The molecule has 1 aromatic carbocycles. The molecule has 1 amide bonds. The largest absolute Gasteiger partial charge is 0.335 e. The molecular weight excluding hydrogens is 368 g/mol. The molecule has 0 saturated carbocycles. The Labute approximate surface area is 150 Å². The Kier molecular flexibility index (Phi) is 5.24. The van der Waals surface area contributed by atoms with Gasteiger partial charge in [-0.25, -0.2) is 8.42 Å². The molecule has 128 valence electrons. The molecule has 3 rings (SSSR count). The number of hydrogen-bond acceptors (Lipinski definition) is 4. The van der Waals surface area contributed by atoms with Crippen molar-refractivity contribution >= 4 is 38.9 Å². The smallest absolute Gasteiger partial charge is 0.264 e. The summed E-state index contributed by atoms with van der Waals surface area (Å²) in [4.78, 5) is 14.6. The van der Waals surface area contributed by atoms with Crippen LogP contribution < -0.4 is 0 Å². The van der Waals surface area contributed by atoms with Gasteiger partial charge in [0.1, 0.15) is 0 Å². The molecule has 2 heterocycles. The Hall–Kier alpha value is -1.41. The SMILES string of the molecule is O=C(c1ccc(Cl)s1)N1CCN(S(=O)(=O)Cc2ccccc2)CC1. The van der Waals surface area contributed by atoms with E-state index in [1.54, 1.807) is 29.2 Å². The molecule has 8 heteroatoms. The number of carbonyl (C=O) groups excluding carboxylic acids is 1. The number of rotatable bonds is 4. The number of halogens is 1. The van der Waals surface area contributed by atoms with Crippen molar-refractivity contribution in [2.24, 2.45) is 0 Å². The quantitative estimate of drug-likeness (QED) is 0.814. The highest BCUT2D eigenvalue weighted by Crippen LogP contribution is 2.23. The van der Waals surface area contributed by atoms with Crippen molar-refractivity contribution < 1.29 is 13.2 Å². The summed E-state index contributed by atoms with van der Waals surface area (Å²) in [5.74, 6) is -0.102. The molecular formula is C16H17ClN2O3S2. The van der Waals surface area contributed by atoms with Gasteiger partial charge in [-0.1, -0.05) is 41.9 Å².